The van der Waals surface area contributed by atoms with Gasteiger partial charge in [0.2, 0.25) is 5.91 Å². The van der Waals surface area contributed by atoms with E-state index >= 15 is 0 Å². The van der Waals surface area contributed by atoms with Gasteiger partial charge in [0.05, 0.1) is 21.4 Å². The number of amides is 1. The third-order valence-corrected chi connectivity index (χ3v) is 5.93. The molecule has 24 heavy (non-hydrogen) atoms. The van der Waals surface area contributed by atoms with Gasteiger partial charge in [-0.3, -0.25) is 9.59 Å². The zero-order valence-electron chi connectivity index (χ0n) is 13.3. The smallest absolute Gasteiger partial charge is 0.310 e. The molecule has 1 heterocycles. The second kappa shape index (κ2) is 6.41. The number of aliphatic carboxylic acids is 1. The van der Waals surface area contributed by atoms with Crippen LogP contribution in [0, 0.1) is 17.3 Å². The molecule has 128 valence electrons. The van der Waals surface area contributed by atoms with E-state index in [1.807, 2.05) is 18.2 Å². The zero-order chi connectivity index (χ0) is 17.5. The number of hydrogen-bond acceptors (Lipinski definition) is 2. The quantitative estimate of drug-likeness (QED) is 0.821. The first kappa shape index (κ1) is 17.3. The lowest BCUT2D eigenvalue weighted by molar-refractivity contribution is -0.164. The molecule has 2 aliphatic rings. The minimum absolute atomic E-state index is 0.00240. The van der Waals surface area contributed by atoms with Crippen LogP contribution in [0.3, 0.4) is 0 Å². The van der Waals surface area contributed by atoms with Gasteiger partial charge in [-0.25, -0.2) is 0 Å². The first-order chi connectivity index (χ1) is 11.3. The van der Waals surface area contributed by atoms with E-state index in [-0.39, 0.29) is 11.8 Å². The SMILES string of the molecule is C[C@@]1(C(=O)O)CC=C[C@@H]2CCN(Cc3ccc(Cl)c(Cl)c3)C(=O)[C@@H]21. The standard InChI is InChI=1S/C18H19Cl2NO3/c1-18(17(23)24)7-2-3-12-6-8-21(16(22)15(12)18)10-11-4-5-13(19)14(20)9-11/h2-5,9,12,15H,6-8,10H2,1H3,(H,23,24)/t12-,15-,18-/m1/s1. The van der Waals surface area contributed by atoms with E-state index in [9.17, 15) is 14.7 Å². The second-order valence-corrected chi connectivity index (χ2v) is 7.61. The van der Waals surface area contributed by atoms with Gasteiger partial charge < -0.3 is 10.0 Å². The van der Waals surface area contributed by atoms with Crippen LogP contribution in [0.2, 0.25) is 10.0 Å². The van der Waals surface area contributed by atoms with E-state index in [0.29, 0.717) is 29.6 Å². The van der Waals surface area contributed by atoms with Gasteiger partial charge in [-0.15, -0.1) is 0 Å². The highest BCUT2D eigenvalue weighted by atomic mass is 35.5. The summed E-state index contributed by atoms with van der Waals surface area (Å²) in [5, 5.41) is 10.6. The van der Waals surface area contributed by atoms with Crippen molar-refractivity contribution >= 4 is 35.1 Å². The molecule has 1 N–H and O–H groups in total. The summed E-state index contributed by atoms with van der Waals surface area (Å²) in [5.41, 5.74) is -0.160. The van der Waals surface area contributed by atoms with Gasteiger partial charge in [0, 0.05) is 13.1 Å². The molecule has 1 amide bonds. The molecule has 1 aromatic rings. The van der Waals surface area contributed by atoms with Crippen molar-refractivity contribution in [3.8, 4) is 0 Å². The van der Waals surface area contributed by atoms with Gasteiger partial charge in [-0.05, 0) is 43.4 Å². The Bertz CT molecular complexity index is 718. The number of piperidine rings is 1. The largest absolute Gasteiger partial charge is 0.481 e. The van der Waals surface area contributed by atoms with Crippen molar-refractivity contribution < 1.29 is 14.7 Å². The number of hydrogen-bond donors (Lipinski definition) is 1. The maximum Gasteiger partial charge on any atom is 0.310 e. The highest BCUT2D eigenvalue weighted by molar-refractivity contribution is 6.42. The summed E-state index contributed by atoms with van der Waals surface area (Å²) in [7, 11) is 0. The molecule has 1 saturated heterocycles. The van der Waals surface area contributed by atoms with Crippen molar-refractivity contribution in [1.29, 1.82) is 0 Å². The lowest BCUT2D eigenvalue weighted by Gasteiger charge is -2.45. The van der Waals surface area contributed by atoms with Crippen LogP contribution in [0.1, 0.15) is 25.3 Å². The van der Waals surface area contributed by atoms with Crippen LogP contribution in [0.4, 0.5) is 0 Å². The molecular weight excluding hydrogens is 349 g/mol. The summed E-state index contributed by atoms with van der Waals surface area (Å²) in [6, 6.07) is 5.30. The maximum absolute atomic E-state index is 13.0. The van der Waals surface area contributed by atoms with E-state index in [1.165, 1.54) is 0 Å². The van der Waals surface area contributed by atoms with Crippen molar-refractivity contribution in [1.82, 2.24) is 4.90 Å². The molecule has 6 heteroatoms. The number of rotatable bonds is 3. The average Bonchev–Trinajstić information content (AvgIpc) is 2.53. The molecule has 1 fully saturated rings. The normalized spacial score (nSPS) is 29.5. The molecule has 1 aliphatic heterocycles. The Labute approximate surface area is 151 Å². The van der Waals surface area contributed by atoms with Crippen LogP contribution in [-0.4, -0.2) is 28.4 Å². The number of carbonyl (C=O) groups excluding carboxylic acids is 1. The number of fused-ring (bicyclic) bond motifs is 1. The van der Waals surface area contributed by atoms with Crippen molar-refractivity contribution in [3.05, 3.63) is 46.0 Å². The monoisotopic (exact) mass is 367 g/mol. The van der Waals surface area contributed by atoms with Crippen molar-refractivity contribution in [2.75, 3.05) is 6.54 Å². The number of benzene rings is 1. The van der Waals surface area contributed by atoms with Gasteiger partial charge in [-0.1, -0.05) is 41.4 Å². The van der Waals surface area contributed by atoms with Gasteiger partial charge in [0.15, 0.2) is 0 Å². The third-order valence-electron chi connectivity index (χ3n) is 5.20. The van der Waals surface area contributed by atoms with Gasteiger partial charge >= 0.3 is 5.97 Å². The second-order valence-electron chi connectivity index (χ2n) is 6.79. The first-order valence-electron chi connectivity index (χ1n) is 7.95. The Kier molecular flexibility index (Phi) is 4.63. The molecule has 0 aromatic heterocycles. The van der Waals surface area contributed by atoms with Crippen LogP contribution >= 0.6 is 23.2 Å². The number of carboxylic acid groups (broad SMARTS) is 1. The van der Waals surface area contributed by atoms with Crippen LogP contribution in [0.5, 0.6) is 0 Å². The molecule has 0 bridgehead atoms. The predicted molar refractivity (Wildman–Crippen MR) is 93.0 cm³/mol. The van der Waals surface area contributed by atoms with E-state index in [2.05, 4.69) is 0 Å². The van der Waals surface area contributed by atoms with Crippen LogP contribution < -0.4 is 0 Å². The van der Waals surface area contributed by atoms with Crippen LogP contribution in [0.15, 0.2) is 30.4 Å². The summed E-state index contributed by atoms with van der Waals surface area (Å²) in [4.78, 5) is 26.5. The predicted octanol–water partition coefficient (Wildman–Crippen LogP) is 4.01. The number of likely N-dealkylation sites (tertiary alicyclic amines) is 1. The minimum Gasteiger partial charge on any atom is -0.481 e. The zero-order valence-corrected chi connectivity index (χ0v) is 14.8. The Morgan fingerprint density at radius 3 is 2.79 bits per heavy atom. The van der Waals surface area contributed by atoms with E-state index in [0.717, 1.165) is 12.0 Å². The lowest BCUT2D eigenvalue weighted by Crippen LogP contribution is -2.54. The summed E-state index contributed by atoms with van der Waals surface area (Å²) < 4.78 is 0. The number of halogens is 2. The van der Waals surface area contributed by atoms with Crippen LogP contribution in [0.25, 0.3) is 0 Å². The number of allylic oxidation sites excluding steroid dienone is 2. The summed E-state index contributed by atoms with van der Waals surface area (Å²) in [6.07, 6.45) is 5.06. The van der Waals surface area contributed by atoms with Crippen molar-refractivity contribution in [3.63, 3.8) is 0 Å². The molecule has 1 aromatic carbocycles. The Hall–Kier alpha value is -1.52. The van der Waals surface area contributed by atoms with Crippen molar-refractivity contribution in [2.24, 2.45) is 17.3 Å². The number of carbonyl (C=O) groups is 2. The van der Waals surface area contributed by atoms with Gasteiger partial charge in [0.25, 0.3) is 0 Å². The molecule has 0 saturated carbocycles. The summed E-state index contributed by atoms with van der Waals surface area (Å²) >= 11 is 12.0. The molecule has 0 radical (unpaired) electrons. The third kappa shape index (κ3) is 2.93. The Morgan fingerprint density at radius 2 is 2.12 bits per heavy atom. The molecule has 0 spiro atoms. The fraction of sp³-hybridized carbons (Fsp3) is 0.444. The number of carboxylic acids is 1. The minimum atomic E-state index is -1.05. The highest BCUT2D eigenvalue weighted by Crippen LogP contribution is 2.45. The Balaban J connectivity index is 1.85. The van der Waals surface area contributed by atoms with Crippen molar-refractivity contribution in [2.45, 2.75) is 26.3 Å². The molecule has 3 atom stereocenters. The Morgan fingerprint density at radius 1 is 1.38 bits per heavy atom. The average molecular weight is 368 g/mol. The van der Waals surface area contributed by atoms with E-state index < -0.39 is 17.3 Å². The molecule has 3 rings (SSSR count). The van der Waals surface area contributed by atoms with Gasteiger partial charge in [0.1, 0.15) is 0 Å². The number of nitrogens with zero attached hydrogens (tertiary/aromatic N) is 1. The highest BCUT2D eigenvalue weighted by Gasteiger charge is 2.52. The van der Waals surface area contributed by atoms with Gasteiger partial charge in [-0.2, -0.15) is 0 Å². The molecule has 1 aliphatic carbocycles. The first-order valence-corrected chi connectivity index (χ1v) is 8.71. The van der Waals surface area contributed by atoms with Crippen LogP contribution in [-0.2, 0) is 16.1 Å². The summed E-state index contributed by atoms with van der Waals surface area (Å²) in [6.45, 7) is 2.70. The fourth-order valence-electron chi connectivity index (χ4n) is 3.76. The lowest BCUT2D eigenvalue weighted by atomic mass is 9.62. The topological polar surface area (TPSA) is 57.6 Å². The molecule has 4 nitrogen and oxygen atoms in total. The fourth-order valence-corrected chi connectivity index (χ4v) is 4.08. The molecule has 0 unspecified atom stereocenters. The molecular formula is C18H19Cl2NO3. The van der Waals surface area contributed by atoms with E-state index in [1.54, 1.807) is 24.0 Å². The summed E-state index contributed by atoms with van der Waals surface area (Å²) in [5.74, 6) is -1.52. The maximum atomic E-state index is 13.0. The van der Waals surface area contributed by atoms with E-state index in [4.69, 9.17) is 23.2 Å².